The molecule has 0 bridgehead atoms. The smallest absolute Gasteiger partial charge is 0.272 e. The Hall–Kier alpha value is -3.18. The molecule has 1 heterocycles. The lowest BCUT2D eigenvalue weighted by atomic mass is 10.1. The predicted octanol–water partition coefficient (Wildman–Crippen LogP) is 4.77. The number of thiophene rings is 1. The van der Waals surface area contributed by atoms with Crippen molar-refractivity contribution < 1.29 is 9.59 Å². The van der Waals surface area contributed by atoms with E-state index in [4.69, 9.17) is 0 Å². The summed E-state index contributed by atoms with van der Waals surface area (Å²) < 4.78 is 0. The van der Waals surface area contributed by atoms with Crippen LogP contribution in [-0.2, 0) is 4.79 Å². The Morgan fingerprint density at radius 2 is 1.70 bits per heavy atom. The first kappa shape index (κ1) is 18.6. The molecule has 0 spiro atoms. The van der Waals surface area contributed by atoms with Crippen LogP contribution in [0.2, 0.25) is 0 Å². The molecule has 0 saturated carbocycles. The van der Waals surface area contributed by atoms with Crippen molar-refractivity contribution in [1.29, 1.82) is 0 Å². The Morgan fingerprint density at radius 1 is 0.926 bits per heavy atom. The molecule has 0 unspecified atom stereocenters. The predicted molar refractivity (Wildman–Crippen MR) is 111 cm³/mol. The highest BCUT2D eigenvalue weighted by molar-refractivity contribution is 7.10. The minimum absolute atomic E-state index is 0.201. The van der Waals surface area contributed by atoms with Crippen LogP contribution in [0, 0.1) is 13.8 Å². The largest absolute Gasteiger partial charge is 0.320 e. The molecule has 2 aromatic carbocycles. The van der Waals surface area contributed by atoms with Gasteiger partial charge in [-0.15, -0.1) is 11.3 Å². The summed E-state index contributed by atoms with van der Waals surface area (Å²) in [7, 11) is 0. The van der Waals surface area contributed by atoms with E-state index in [9.17, 15) is 9.59 Å². The van der Waals surface area contributed by atoms with Gasteiger partial charge in [-0.2, -0.15) is 0 Å². The van der Waals surface area contributed by atoms with Crippen LogP contribution in [0.4, 0.5) is 5.69 Å². The van der Waals surface area contributed by atoms with E-state index in [1.54, 1.807) is 30.3 Å². The highest BCUT2D eigenvalue weighted by atomic mass is 32.1. The summed E-state index contributed by atoms with van der Waals surface area (Å²) in [6.45, 7) is 3.95. The Kier molecular flexibility index (Phi) is 5.84. The second-order valence-corrected chi connectivity index (χ2v) is 7.07. The summed E-state index contributed by atoms with van der Waals surface area (Å²) >= 11 is 1.50. The van der Waals surface area contributed by atoms with Gasteiger partial charge in [-0.25, -0.2) is 0 Å². The van der Waals surface area contributed by atoms with Gasteiger partial charge in [0, 0.05) is 16.1 Å². The van der Waals surface area contributed by atoms with Crippen molar-refractivity contribution >= 4 is 34.9 Å². The Morgan fingerprint density at radius 3 is 2.41 bits per heavy atom. The zero-order valence-electron chi connectivity index (χ0n) is 15.2. The minimum Gasteiger partial charge on any atom is -0.320 e. The fourth-order valence-corrected chi connectivity index (χ4v) is 3.19. The van der Waals surface area contributed by atoms with Gasteiger partial charge in [0.15, 0.2) is 0 Å². The highest BCUT2D eigenvalue weighted by Gasteiger charge is 2.16. The highest BCUT2D eigenvalue weighted by Crippen LogP contribution is 2.19. The monoisotopic (exact) mass is 376 g/mol. The van der Waals surface area contributed by atoms with E-state index in [1.807, 2.05) is 55.6 Å². The van der Waals surface area contributed by atoms with Crippen molar-refractivity contribution in [2.24, 2.45) is 0 Å². The van der Waals surface area contributed by atoms with Crippen LogP contribution in [0.5, 0.6) is 0 Å². The molecular formula is C22H20N2O2S. The number of carbonyl (C=O) groups excluding carboxylic acids is 2. The molecule has 0 aliphatic rings. The number of anilines is 1. The first-order valence-corrected chi connectivity index (χ1v) is 9.42. The van der Waals surface area contributed by atoms with Gasteiger partial charge in [-0.1, -0.05) is 36.4 Å². The third-order valence-electron chi connectivity index (χ3n) is 4.21. The average molecular weight is 376 g/mol. The van der Waals surface area contributed by atoms with Crippen LogP contribution < -0.4 is 10.6 Å². The van der Waals surface area contributed by atoms with Gasteiger partial charge < -0.3 is 10.6 Å². The summed E-state index contributed by atoms with van der Waals surface area (Å²) in [5.41, 5.74) is 3.51. The summed E-state index contributed by atoms with van der Waals surface area (Å²) in [6.07, 6.45) is 1.69. The maximum absolute atomic E-state index is 12.9. The Bertz CT molecular complexity index is 977. The van der Waals surface area contributed by atoms with E-state index in [1.165, 1.54) is 11.3 Å². The van der Waals surface area contributed by atoms with Crippen LogP contribution in [0.15, 0.2) is 71.7 Å². The molecular weight excluding hydrogens is 356 g/mol. The lowest BCUT2D eigenvalue weighted by molar-refractivity contribution is -0.113. The zero-order chi connectivity index (χ0) is 19.2. The second-order valence-electron chi connectivity index (χ2n) is 6.10. The Labute approximate surface area is 162 Å². The summed E-state index contributed by atoms with van der Waals surface area (Å²) in [6, 6.07) is 18.4. The molecule has 0 aliphatic heterocycles. The topological polar surface area (TPSA) is 58.2 Å². The molecule has 0 fully saturated rings. The summed E-state index contributed by atoms with van der Waals surface area (Å²) in [5.74, 6) is -0.684. The number of nitrogens with one attached hydrogen (secondary N) is 2. The van der Waals surface area contributed by atoms with Gasteiger partial charge in [-0.3, -0.25) is 9.59 Å². The van der Waals surface area contributed by atoms with Crippen LogP contribution in [0.3, 0.4) is 0 Å². The number of hydrogen-bond donors (Lipinski definition) is 2. The molecule has 4 nitrogen and oxygen atoms in total. The minimum atomic E-state index is -0.360. The van der Waals surface area contributed by atoms with Crippen molar-refractivity contribution in [1.82, 2.24) is 5.32 Å². The first-order valence-electron chi connectivity index (χ1n) is 8.54. The summed E-state index contributed by atoms with van der Waals surface area (Å²) in [4.78, 5) is 26.3. The molecule has 1 aromatic heterocycles. The number of amides is 2. The van der Waals surface area contributed by atoms with Gasteiger partial charge in [-0.05, 0) is 60.7 Å². The fourth-order valence-electron chi connectivity index (χ4n) is 2.53. The molecule has 0 aliphatic carbocycles. The number of benzene rings is 2. The van der Waals surface area contributed by atoms with Crippen molar-refractivity contribution in [3.05, 3.63) is 93.3 Å². The van der Waals surface area contributed by atoms with Gasteiger partial charge >= 0.3 is 0 Å². The molecule has 2 N–H and O–H groups in total. The maximum Gasteiger partial charge on any atom is 0.272 e. The molecule has 3 rings (SSSR count). The normalized spacial score (nSPS) is 11.1. The Balaban J connectivity index is 1.87. The molecule has 2 amide bonds. The van der Waals surface area contributed by atoms with Crippen LogP contribution in [0.25, 0.3) is 6.08 Å². The van der Waals surface area contributed by atoms with Crippen molar-refractivity contribution in [2.75, 3.05) is 5.32 Å². The zero-order valence-corrected chi connectivity index (χ0v) is 16.0. The van der Waals surface area contributed by atoms with Gasteiger partial charge in [0.25, 0.3) is 11.8 Å². The fraction of sp³-hybridized carbons (Fsp3) is 0.0909. The molecule has 0 saturated heterocycles. The lowest BCUT2D eigenvalue weighted by Gasteiger charge is -2.13. The molecule has 136 valence electrons. The number of rotatable bonds is 5. The number of aryl methyl sites for hydroxylation is 1. The van der Waals surface area contributed by atoms with E-state index in [0.29, 0.717) is 5.56 Å². The van der Waals surface area contributed by atoms with E-state index < -0.39 is 0 Å². The van der Waals surface area contributed by atoms with Crippen LogP contribution in [-0.4, -0.2) is 11.8 Å². The lowest BCUT2D eigenvalue weighted by Crippen LogP contribution is -2.30. The third kappa shape index (κ3) is 4.71. The van der Waals surface area contributed by atoms with Crippen molar-refractivity contribution in [3.63, 3.8) is 0 Å². The van der Waals surface area contributed by atoms with Crippen molar-refractivity contribution in [2.45, 2.75) is 13.8 Å². The van der Waals surface area contributed by atoms with Crippen LogP contribution in [0.1, 0.15) is 26.4 Å². The molecule has 0 atom stereocenters. The standard InChI is InChI=1S/C22H20N2O2S/c1-15-8-6-12-19(16(15)2)23-22(26)20(14-18-11-7-13-27-18)24-21(25)17-9-4-3-5-10-17/h3-14H,1-2H3,(H,23,26)(H,24,25)/b20-14-. The molecule has 0 radical (unpaired) electrons. The molecule has 27 heavy (non-hydrogen) atoms. The molecule has 3 aromatic rings. The second kappa shape index (κ2) is 8.47. The quantitative estimate of drug-likeness (QED) is 0.630. The van der Waals surface area contributed by atoms with E-state index in [0.717, 1.165) is 21.7 Å². The summed E-state index contributed by atoms with van der Waals surface area (Å²) in [5, 5.41) is 7.57. The van der Waals surface area contributed by atoms with Gasteiger partial charge in [0.1, 0.15) is 5.70 Å². The molecule has 5 heteroatoms. The van der Waals surface area contributed by atoms with E-state index in [2.05, 4.69) is 10.6 Å². The van der Waals surface area contributed by atoms with Crippen molar-refractivity contribution in [3.8, 4) is 0 Å². The SMILES string of the molecule is Cc1cccc(NC(=O)/C(=C/c2cccs2)NC(=O)c2ccccc2)c1C. The number of hydrogen-bond acceptors (Lipinski definition) is 3. The van der Waals surface area contributed by atoms with E-state index in [-0.39, 0.29) is 17.5 Å². The third-order valence-corrected chi connectivity index (χ3v) is 5.03. The van der Waals surface area contributed by atoms with Gasteiger partial charge in [0.2, 0.25) is 0 Å². The van der Waals surface area contributed by atoms with E-state index >= 15 is 0 Å². The maximum atomic E-state index is 12.9. The average Bonchev–Trinajstić information content (AvgIpc) is 3.18. The first-order chi connectivity index (χ1) is 13.0. The number of carbonyl (C=O) groups is 2. The van der Waals surface area contributed by atoms with Gasteiger partial charge in [0.05, 0.1) is 0 Å². The van der Waals surface area contributed by atoms with Crippen LogP contribution >= 0.6 is 11.3 Å².